The first-order chi connectivity index (χ1) is 19.7. The lowest BCUT2D eigenvalue weighted by atomic mass is 10.2. The zero-order chi connectivity index (χ0) is 29.4. The number of carbonyl (C=O) groups is 1. The van der Waals surface area contributed by atoms with E-state index in [9.17, 15) is 18.5 Å². The van der Waals surface area contributed by atoms with Crippen LogP contribution in [0, 0.1) is 12.7 Å². The molecule has 4 aromatic rings. The summed E-state index contributed by atoms with van der Waals surface area (Å²) in [4.78, 5) is 34.5. The van der Waals surface area contributed by atoms with Crippen molar-refractivity contribution in [2.24, 2.45) is 0 Å². The number of rotatable bonds is 13. The van der Waals surface area contributed by atoms with Gasteiger partial charge in [-0.25, -0.2) is 14.2 Å². The van der Waals surface area contributed by atoms with Crippen LogP contribution in [0.25, 0.3) is 11.2 Å². The lowest BCUT2D eigenvalue weighted by molar-refractivity contribution is 0.0153. The molecule has 2 aromatic heterocycles. The van der Waals surface area contributed by atoms with Crippen molar-refractivity contribution in [2.75, 3.05) is 32.6 Å². The van der Waals surface area contributed by atoms with Crippen LogP contribution in [0.15, 0.2) is 53.6 Å². The molecule has 0 spiro atoms. The predicted molar refractivity (Wildman–Crippen MR) is 143 cm³/mol. The first-order valence-electron chi connectivity index (χ1n) is 12.1. The Morgan fingerprint density at radius 1 is 1.20 bits per heavy atom. The van der Waals surface area contributed by atoms with E-state index < -0.39 is 38.3 Å². The molecule has 16 heteroatoms. The van der Waals surface area contributed by atoms with Crippen LogP contribution in [-0.2, 0) is 36.2 Å². The number of methoxy groups -OCH3 is 1. The number of H-pyrrole nitrogens is 1. The Bertz CT molecular complexity index is 1630. The topological polar surface area (TPSA) is 179 Å². The second-order valence-electron chi connectivity index (χ2n) is 8.49. The SMILES string of the molecule is COc1cc(OC(=O)OCOP(=O)(COCCn2cnc3c(=O)[nH]c(N)nc32)OCc2cccc(F)c2)ccc1C. The van der Waals surface area contributed by atoms with Crippen LogP contribution >= 0.6 is 7.60 Å². The van der Waals surface area contributed by atoms with Crippen molar-refractivity contribution in [1.82, 2.24) is 19.5 Å². The Balaban J connectivity index is 1.34. The first kappa shape index (κ1) is 29.7. The van der Waals surface area contributed by atoms with E-state index in [1.807, 2.05) is 6.92 Å². The molecule has 0 aliphatic carbocycles. The average Bonchev–Trinajstić information content (AvgIpc) is 3.34. The summed E-state index contributed by atoms with van der Waals surface area (Å²) < 4.78 is 59.9. The van der Waals surface area contributed by atoms with Gasteiger partial charge in [0.15, 0.2) is 11.2 Å². The molecule has 0 radical (unpaired) electrons. The number of nitrogens with two attached hydrogens (primary N) is 1. The minimum atomic E-state index is -4.04. The summed E-state index contributed by atoms with van der Waals surface area (Å²) in [5.74, 6) is 0.0942. The second kappa shape index (κ2) is 13.4. The minimum Gasteiger partial charge on any atom is -0.496 e. The number of nitrogen functional groups attached to an aromatic ring is 1. The molecule has 14 nitrogen and oxygen atoms in total. The van der Waals surface area contributed by atoms with Gasteiger partial charge in [-0.3, -0.25) is 18.9 Å². The molecule has 0 bridgehead atoms. The van der Waals surface area contributed by atoms with Crippen molar-refractivity contribution in [3.8, 4) is 11.5 Å². The third-order valence-corrected chi connectivity index (χ3v) is 7.06. The highest BCUT2D eigenvalue weighted by molar-refractivity contribution is 7.53. The maximum absolute atomic E-state index is 13.6. The van der Waals surface area contributed by atoms with Crippen molar-refractivity contribution in [2.45, 2.75) is 20.1 Å². The molecule has 4 rings (SSSR count). The lowest BCUT2D eigenvalue weighted by Crippen LogP contribution is -2.15. The van der Waals surface area contributed by atoms with E-state index in [1.165, 1.54) is 42.3 Å². The van der Waals surface area contributed by atoms with Crippen molar-refractivity contribution in [3.05, 3.63) is 76.1 Å². The predicted octanol–water partition coefficient (Wildman–Crippen LogP) is 3.73. The molecule has 0 fully saturated rings. The van der Waals surface area contributed by atoms with Crippen LogP contribution in [0.3, 0.4) is 0 Å². The van der Waals surface area contributed by atoms with Gasteiger partial charge >= 0.3 is 13.8 Å². The summed E-state index contributed by atoms with van der Waals surface area (Å²) in [5, 5.41) is 0. The summed E-state index contributed by atoms with van der Waals surface area (Å²) in [6.45, 7) is 0.908. The molecule has 3 N–H and O–H groups in total. The average molecular weight is 591 g/mol. The third kappa shape index (κ3) is 8.11. The van der Waals surface area contributed by atoms with E-state index in [4.69, 9.17) is 33.7 Å². The molecule has 1 atom stereocenters. The number of fused-ring (bicyclic) bond motifs is 1. The molecule has 2 heterocycles. The summed E-state index contributed by atoms with van der Waals surface area (Å²) in [6.07, 6.45) is -0.282. The van der Waals surface area contributed by atoms with Crippen LogP contribution in [-0.4, -0.2) is 52.5 Å². The highest BCUT2D eigenvalue weighted by Crippen LogP contribution is 2.49. The molecule has 2 aromatic carbocycles. The maximum atomic E-state index is 13.6. The van der Waals surface area contributed by atoms with Crippen LogP contribution < -0.4 is 20.8 Å². The van der Waals surface area contributed by atoms with Crippen molar-refractivity contribution < 1.29 is 41.7 Å². The molecule has 1 unspecified atom stereocenters. The number of imidazole rings is 1. The van der Waals surface area contributed by atoms with E-state index >= 15 is 0 Å². The zero-order valence-electron chi connectivity index (χ0n) is 22.1. The van der Waals surface area contributed by atoms with Gasteiger partial charge in [-0.05, 0) is 36.2 Å². The smallest absolute Gasteiger partial charge is 0.496 e. The van der Waals surface area contributed by atoms with Crippen LogP contribution in [0.2, 0.25) is 0 Å². The highest BCUT2D eigenvalue weighted by atomic mass is 31.2. The summed E-state index contributed by atoms with van der Waals surface area (Å²) >= 11 is 0. The van der Waals surface area contributed by atoms with Gasteiger partial charge in [-0.1, -0.05) is 18.2 Å². The van der Waals surface area contributed by atoms with E-state index in [1.54, 1.807) is 18.2 Å². The summed E-state index contributed by atoms with van der Waals surface area (Å²) in [7, 11) is -2.56. The largest absolute Gasteiger partial charge is 0.515 e. The first-order valence-corrected chi connectivity index (χ1v) is 13.8. The molecule has 0 saturated carbocycles. The van der Waals surface area contributed by atoms with E-state index in [2.05, 4.69) is 15.0 Å². The van der Waals surface area contributed by atoms with E-state index in [-0.39, 0.29) is 42.6 Å². The van der Waals surface area contributed by atoms with Gasteiger partial charge in [0.2, 0.25) is 12.7 Å². The van der Waals surface area contributed by atoms with E-state index in [0.717, 1.165) is 5.56 Å². The Morgan fingerprint density at radius 3 is 2.80 bits per heavy atom. The number of ether oxygens (including phenoxy) is 4. The molecule has 0 aliphatic heterocycles. The molecular weight excluding hydrogens is 564 g/mol. The number of halogens is 1. The second-order valence-corrected chi connectivity index (χ2v) is 10.5. The Kier molecular flexibility index (Phi) is 9.68. The van der Waals surface area contributed by atoms with Gasteiger partial charge < -0.3 is 33.8 Å². The van der Waals surface area contributed by atoms with Crippen molar-refractivity contribution in [3.63, 3.8) is 0 Å². The highest BCUT2D eigenvalue weighted by Gasteiger charge is 2.27. The number of nitrogens with one attached hydrogen (secondary N) is 1. The number of hydrogen-bond acceptors (Lipinski definition) is 12. The quantitative estimate of drug-likeness (QED) is 0.0758. The summed E-state index contributed by atoms with van der Waals surface area (Å²) in [5.41, 5.74) is 6.68. The minimum absolute atomic E-state index is 0.0192. The van der Waals surface area contributed by atoms with Gasteiger partial charge in [-0.15, -0.1) is 0 Å². The van der Waals surface area contributed by atoms with Gasteiger partial charge in [0, 0.05) is 12.6 Å². The maximum Gasteiger partial charge on any atom is 0.515 e. The normalized spacial score (nSPS) is 12.7. The van der Waals surface area contributed by atoms with Crippen molar-refractivity contribution in [1.29, 1.82) is 0 Å². The Labute approximate surface area is 232 Å². The number of anilines is 1. The van der Waals surface area contributed by atoms with Gasteiger partial charge in [0.05, 0.1) is 26.7 Å². The van der Waals surface area contributed by atoms with Gasteiger partial charge in [-0.2, -0.15) is 4.98 Å². The fourth-order valence-corrected chi connectivity index (χ4v) is 4.66. The zero-order valence-corrected chi connectivity index (χ0v) is 23.0. The number of nitrogens with zero attached hydrogens (tertiary/aromatic N) is 3. The molecule has 0 aliphatic rings. The standard InChI is InChI=1S/C25H27FN5O9P/c1-16-6-7-19(11-20(16)35-2)40-25(33)37-14-39-41(34,38-12-17-4-3-5-18(26)10-17)15-36-9-8-31-13-28-21-22(31)29-24(27)30-23(21)32/h3-7,10-11,13H,8-9,12,14-15H2,1-2H3,(H3,27,29,30,32). The number of hydrogen-bond donors (Lipinski definition) is 2. The molecular formula is C25H27FN5O9P. The monoisotopic (exact) mass is 591 g/mol. The number of aromatic nitrogens is 4. The van der Waals surface area contributed by atoms with Crippen LogP contribution in [0.4, 0.5) is 15.1 Å². The molecule has 0 amide bonds. The lowest BCUT2D eigenvalue weighted by Gasteiger charge is -2.19. The fourth-order valence-electron chi connectivity index (χ4n) is 3.53. The Hall–Kier alpha value is -4.30. The van der Waals surface area contributed by atoms with Gasteiger partial charge in [0.1, 0.15) is 23.7 Å². The van der Waals surface area contributed by atoms with Gasteiger partial charge in [0.25, 0.3) is 5.56 Å². The number of aromatic amines is 1. The summed E-state index contributed by atoms with van der Waals surface area (Å²) in [6, 6.07) is 10.2. The van der Waals surface area contributed by atoms with Crippen LogP contribution in [0.5, 0.6) is 11.5 Å². The number of benzene rings is 2. The number of aryl methyl sites for hydroxylation is 1. The van der Waals surface area contributed by atoms with Crippen LogP contribution in [0.1, 0.15) is 11.1 Å². The molecule has 41 heavy (non-hydrogen) atoms. The van der Waals surface area contributed by atoms with Crippen molar-refractivity contribution >= 4 is 30.9 Å². The number of carbonyl (C=O) groups excluding carboxylic acids is 1. The van der Waals surface area contributed by atoms with E-state index in [0.29, 0.717) is 11.3 Å². The molecule has 218 valence electrons. The fraction of sp³-hybridized carbons (Fsp3) is 0.280. The molecule has 0 saturated heterocycles. The third-order valence-electron chi connectivity index (χ3n) is 5.54. The Morgan fingerprint density at radius 2 is 2.02 bits per heavy atom.